The summed E-state index contributed by atoms with van der Waals surface area (Å²) >= 11 is 0. The summed E-state index contributed by atoms with van der Waals surface area (Å²) in [6.07, 6.45) is 4.93. The third-order valence-electron chi connectivity index (χ3n) is 5.97. The SMILES string of the molecule is CN(C)C(=O)c1ccc(-c2ccc(Nc3cncc(NC(=O)c4ccc5c(c4)B(O)OC5)c3)nc2)cc1. The van der Waals surface area contributed by atoms with Crippen molar-refractivity contribution in [1.82, 2.24) is 14.9 Å². The molecule has 0 unspecified atom stereocenters. The van der Waals surface area contributed by atoms with Crippen molar-refractivity contribution in [2.75, 3.05) is 24.7 Å². The van der Waals surface area contributed by atoms with Crippen LogP contribution in [-0.4, -0.2) is 52.9 Å². The van der Waals surface area contributed by atoms with Crippen LogP contribution in [0.25, 0.3) is 11.1 Å². The van der Waals surface area contributed by atoms with E-state index in [1.807, 2.05) is 24.3 Å². The van der Waals surface area contributed by atoms with Gasteiger partial charge in [0, 0.05) is 37.0 Å². The van der Waals surface area contributed by atoms with Gasteiger partial charge in [-0.1, -0.05) is 18.2 Å². The zero-order valence-corrected chi connectivity index (χ0v) is 20.3. The average molecular weight is 493 g/mol. The number of carbonyl (C=O) groups is 2. The molecule has 2 amide bonds. The van der Waals surface area contributed by atoms with Gasteiger partial charge >= 0.3 is 7.12 Å². The number of nitrogens with one attached hydrogen (secondary N) is 2. The van der Waals surface area contributed by atoms with Gasteiger partial charge in [0.2, 0.25) is 0 Å². The first kappa shape index (κ1) is 24.2. The Kier molecular flexibility index (Phi) is 6.67. The lowest BCUT2D eigenvalue weighted by molar-refractivity contribution is 0.0827. The molecule has 4 aromatic rings. The molecule has 5 rings (SSSR count). The van der Waals surface area contributed by atoms with E-state index in [2.05, 4.69) is 20.6 Å². The number of benzene rings is 2. The lowest BCUT2D eigenvalue weighted by Crippen LogP contribution is -2.29. The molecule has 1 aliphatic rings. The van der Waals surface area contributed by atoms with Crippen LogP contribution in [-0.2, 0) is 11.3 Å². The first-order valence-electron chi connectivity index (χ1n) is 11.6. The van der Waals surface area contributed by atoms with Crippen molar-refractivity contribution in [2.24, 2.45) is 0 Å². The highest BCUT2D eigenvalue weighted by atomic mass is 16.5. The highest BCUT2D eigenvalue weighted by Gasteiger charge is 2.28. The molecular formula is C27H24BN5O4. The average Bonchev–Trinajstić information content (AvgIpc) is 3.29. The van der Waals surface area contributed by atoms with E-state index in [0.29, 0.717) is 40.4 Å². The smallest absolute Gasteiger partial charge is 0.423 e. The standard InChI is InChI=1S/C27H24BN5O4/c1-33(2)27(35)18-5-3-17(4-6-18)20-9-10-25(30-13-20)31-22-12-23(15-29-14-22)32-26(34)19-7-8-21-16-37-28(36)24(21)11-19/h3-15,36H,16H2,1-2H3,(H,30,31)(H,32,34). The van der Waals surface area contributed by atoms with Gasteiger partial charge in [0.05, 0.1) is 30.4 Å². The molecule has 2 aromatic carbocycles. The van der Waals surface area contributed by atoms with Gasteiger partial charge in [-0.3, -0.25) is 14.6 Å². The van der Waals surface area contributed by atoms with Crippen molar-refractivity contribution in [3.8, 4) is 11.1 Å². The summed E-state index contributed by atoms with van der Waals surface area (Å²) in [6, 6.07) is 18.0. The lowest BCUT2D eigenvalue weighted by atomic mass is 9.79. The summed E-state index contributed by atoms with van der Waals surface area (Å²) in [5, 5.41) is 15.9. The van der Waals surface area contributed by atoms with Crippen LogP contribution in [0.15, 0.2) is 79.3 Å². The number of hydrogen-bond donors (Lipinski definition) is 3. The Morgan fingerprint density at radius 3 is 2.38 bits per heavy atom. The topological polar surface area (TPSA) is 117 Å². The van der Waals surface area contributed by atoms with Gasteiger partial charge in [-0.15, -0.1) is 0 Å². The monoisotopic (exact) mass is 493 g/mol. The molecule has 0 spiro atoms. The van der Waals surface area contributed by atoms with Gasteiger partial charge in [0.25, 0.3) is 11.8 Å². The normalized spacial score (nSPS) is 12.1. The molecule has 0 fully saturated rings. The van der Waals surface area contributed by atoms with Crippen LogP contribution >= 0.6 is 0 Å². The van der Waals surface area contributed by atoms with Crippen molar-refractivity contribution in [3.63, 3.8) is 0 Å². The van der Waals surface area contributed by atoms with Gasteiger partial charge in [0.15, 0.2) is 0 Å². The van der Waals surface area contributed by atoms with Crippen LogP contribution < -0.4 is 16.1 Å². The molecule has 184 valence electrons. The van der Waals surface area contributed by atoms with Crippen LogP contribution in [0.1, 0.15) is 26.3 Å². The first-order valence-corrected chi connectivity index (χ1v) is 11.6. The van der Waals surface area contributed by atoms with Crippen LogP contribution in [0, 0.1) is 0 Å². The van der Waals surface area contributed by atoms with E-state index in [1.165, 1.54) is 0 Å². The summed E-state index contributed by atoms with van der Waals surface area (Å²) in [5.74, 6) is 0.250. The first-order chi connectivity index (χ1) is 17.9. The van der Waals surface area contributed by atoms with Crippen molar-refractivity contribution in [2.45, 2.75) is 6.61 Å². The van der Waals surface area contributed by atoms with Crippen molar-refractivity contribution in [1.29, 1.82) is 0 Å². The van der Waals surface area contributed by atoms with Gasteiger partial charge < -0.3 is 25.2 Å². The highest BCUT2D eigenvalue weighted by molar-refractivity contribution is 6.61. The Balaban J connectivity index is 1.24. The fraction of sp³-hybridized carbons (Fsp3) is 0.111. The molecule has 0 bridgehead atoms. The van der Waals surface area contributed by atoms with Crippen LogP contribution in [0.2, 0.25) is 0 Å². The molecule has 0 radical (unpaired) electrons. The quantitative estimate of drug-likeness (QED) is 0.354. The lowest BCUT2D eigenvalue weighted by Gasteiger charge is -2.11. The third-order valence-corrected chi connectivity index (χ3v) is 5.97. The molecule has 0 saturated heterocycles. The fourth-order valence-electron chi connectivity index (χ4n) is 3.99. The van der Waals surface area contributed by atoms with Crippen LogP contribution in [0.3, 0.4) is 0 Å². The summed E-state index contributed by atoms with van der Waals surface area (Å²) < 4.78 is 5.19. The number of aromatic nitrogens is 2. The number of hydrogen-bond acceptors (Lipinski definition) is 7. The number of carbonyl (C=O) groups excluding carboxylic acids is 2. The molecule has 37 heavy (non-hydrogen) atoms. The summed E-state index contributed by atoms with van der Waals surface area (Å²) in [5.41, 5.74) is 5.55. The Morgan fingerprint density at radius 2 is 1.65 bits per heavy atom. The third kappa shape index (κ3) is 5.35. The molecule has 0 saturated carbocycles. The minimum absolute atomic E-state index is 0.0445. The summed E-state index contributed by atoms with van der Waals surface area (Å²) in [4.78, 5) is 35.0. The highest BCUT2D eigenvalue weighted by Crippen LogP contribution is 2.23. The second kappa shape index (κ2) is 10.2. The van der Waals surface area contributed by atoms with Gasteiger partial charge in [0.1, 0.15) is 5.82 Å². The molecule has 1 aliphatic heterocycles. The second-order valence-corrected chi connectivity index (χ2v) is 8.83. The zero-order valence-electron chi connectivity index (χ0n) is 20.3. The van der Waals surface area contributed by atoms with E-state index in [4.69, 9.17) is 4.65 Å². The van der Waals surface area contributed by atoms with Crippen molar-refractivity contribution < 1.29 is 19.3 Å². The molecule has 0 atom stereocenters. The summed E-state index contributed by atoms with van der Waals surface area (Å²) in [7, 11) is 2.43. The van der Waals surface area contributed by atoms with Gasteiger partial charge in [-0.2, -0.15) is 0 Å². The van der Waals surface area contributed by atoms with E-state index >= 15 is 0 Å². The number of anilines is 3. The van der Waals surface area contributed by atoms with E-state index in [9.17, 15) is 14.6 Å². The van der Waals surface area contributed by atoms with E-state index in [0.717, 1.165) is 16.7 Å². The summed E-state index contributed by atoms with van der Waals surface area (Å²) in [6.45, 7) is 0.328. The fourth-order valence-corrected chi connectivity index (χ4v) is 3.99. The maximum atomic E-state index is 12.7. The Morgan fingerprint density at radius 1 is 0.919 bits per heavy atom. The molecule has 2 aromatic heterocycles. The molecule has 9 nitrogen and oxygen atoms in total. The second-order valence-electron chi connectivity index (χ2n) is 8.83. The number of nitrogens with zero attached hydrogens (tertiary/aromatic N) is 3. The van der Waals surface area contributed by atoms with Crippen LogP contribution in [0.5, 0.6) is 0 Å². The molecule has 10 heteroatoms. The van der Waals surface area contributed by atoms with Gasteiger partial charge in [-0.05, 0) is 59.1 Å². The predicted molar refractivity (Wildman–Crippen MR) is 142 cm³/mol. The number of amides is 2. The van der Waals surface area contributed by atoms with Gasteiger partial charge in [-0.25, -0.2) is 4.98 Å². The number of pyridine rings is 2. The Labute approximate surface area is 214 Å². The van der Waals surface area contributed by atoms with E-state index in [-0.39, 0.29) is 11.8 Å². The van der Waals surface area contributed by atoms with E-state index in [1.54, 1.807) is 74.0 Å². The van der Waals surface area contributed by atoms with Crippen molar-refractivity contribution >= 4 is 41.6 Å². The molecular weight excluding hydrogens is 469 g/mol. The Hall–Kier alpha value is -4.54. The molecule has 0 aliphatic carbocycles. The zero-order chi connectivity index (χ0) is 25.9. The predicted octanol–water partition coefficient (Wildman–Crippen LogP) is 3.06. The largest absolute Gasteiger partial charge is 0.491 e. The number of fused-ring (bicyclic) bond motifs is 1. The number of rotatable bonds is 6. The minimum Gasteiger partial charge on any atom is -0.423 e. The minimum atomic E-state index is -1.01. The molecule has 3 heterocycles. The maximum absolute atomic E-state index is 12.7. The molecule has 3 N–H and O–H groups in total. The van der Waals surface area contributed by atoms with Crippen molar-refractivity contribution in [3.05, 3.63) is 95.9 Å². The maximum Gasteiger partial charge on any atom is 0.491 e. The van der Waals surface area contributed by atoms with Crippen LogP contribution in [0.4, 0.5) is 17.2 Å². The van der Waals surface area contributed by atoms with E-state index < -0.39 is 7.12 Å². The Bertz CT molecular complexity index is 1460.